The lowest BCUT2D eigenvalue weighted by atomic mass is 10.2. The van der Waals surface area contributed by atoms with Crippen molar-refractivity contribution in [1.29, 1.82) is 0 Å². The molecular weight excluding hydrogens is 1050 g/mol. The number of hydrogen-bond acceptors (Lipinski definition) is 17. The van der Waals surface area contributed by atoms with Crippen molar-refractivity contribution in [3.8, 4) is 0 Å². The summed E-state index contributed by atoms with van der Waals surface area (Å²) in [5, 5.41) is 0.591. The summed E-state index contributed by atoms with van der Waals surface area (Å²) >= 11 is 0. The van der Waals surface area contributed by atoms with Crippen LogP contribution in [0.5, 0.6) is 0 Å². The van der Waals surface area contributed by atoms with Crippen molar-refractivity contribution < 1.29 is 83.8 Å². The maximum absolute atomic E-state index is 13.0. The van der Waals surface area contributed by atoms with E-state index >= 15 is 0 Å². The van der Waals surface area contributed by atoms with Crippen LogP contribution < -0.4 is 5.19 Å². The van der Waals surface area contributed by atoms with E-state index in [1.165, 1.54) is 12.1 Å². The Kier molecular flexibility index (Phi) is 18.4. The molecule has 6 bridgehead atoms. The molecule has 356 valence electrons. The lowest BCUT2D eigenvalue weighted by Gasteiger charge is -2.56. The molecule has 1 aromatic carbocycles. The number of rotatable bonds is 10. The van der Waals surface area contributed by atoms with Gasteiger partial charge in [-0.1, -0.05) is 18.2 Å². The molecule has 4 aliphatic rings. The highest BCUT2D eigenvalue weighted by atomic mass is 28.6. The number of alkyl halides is 3. The SMILES string of the molecule is CO[SiH](C)C.CO[Si](C)(C)O[Si](C)(C)O[Si](C)(C)O[Si](C)(C)c1cccc(C(F)(F)F)c1.C[SiH]1O[Si]2(C)O[Si]3(C)O[Si](C)(O[SiH3])O[Si]4(C)O[Si](C)(O1)O[Si](C)(O2)O[Si](C)(O3)O4. The Bertz CT molecular complexity index is 1610. The molecule has 0 N–H and O–H groups in total. The average molecular weight is 1120 g/mol. The minimum absolute atomic E-state index is 0.389. The third-order valence-electron chi connectivity index (χ3n) is 8.80. The Labute approximate surface area is 379 Å². The van der Waals surface area contributed by atoms with Gasteiger partial charge in [-0.15, -0.1) is 0 Å². The molecule has 4 unspecified atom stereocenters. The van der Waals surface area contributed by atoms with Gasteiger partial charge in [0.25, 0.3) is 0 Å². The summed E-state index contributed by atoms with van der Waals surface area (Å²) in [5.74, 6) is 0. The zero-order chi connectivity index (χ0) is 47.2. The Balaban J connectivity index is 0.000000294. The third-order valence-corrected chi connectivity index (χ3v) is 60.0. The molecule has 5 rings (SSSR count). The molecule has 0 radical (unpaired) electrons. The first-order valence-electron chi connectivity index (χ1n) is 19.8. The zero-order valence-corrected chi connectivity index (χ0v) is 54.8. The van der Waals surface area contributed by atoms with Gasteiger partial charge in [-0.2, -0.15) is 13.2 Å². The van der Waals surface area contributed by atoms with Gasteiger partial charge in [0.05, 0.1) is 5.56 Å². The second-order valence-electron chi connectivity index (χ2n) is 17.5. The Morgan fingerprint density at radius 2 is 0.967 bits per heavy atom. The van der Waals surface area contributed by atoms with E-state index in [1.54, 1.807) is 66.1 Å². The van der Waals surface area contributed by atoms with Crippen molar-refractivity contribution in [1.82, 2.24) is 0 Å². The van der Waals surface area contributed by atoms with Gasteiger partial charge in [-0.3, -0.25) is 0 Å². The summed E-state index contributed by atoms with van der Waals surface area (Å²) in [6.45, 7) is 33.9. The third kappa shape index (κ3) is 16.8. The lowest BCUT2D eigenvalue weighted by Crippen LogP contribution is -2.81. The maximum Gasteiger partial charge on any atom is 0.475 e. The van der Waals surface area contributed by atoms with E-state index in [1.807, 2.05) is 58.9 Å². The van der Waals surface area contributed by atoms with E-state index in [0.29, 0.717) is 15.7 Å². The largest absolute Gasteiger partial charge is 0.475 e. The number of fused-ring (bicyclic) bond motifs is 4. The van der Waals surface area contributed by atoms with Gasteiger partial charge < -0.3 is 70.6 Å². The molecule has 0 aromatic heterocycles. The van der Waals surface area contributed by atoms with Crippen LogP contribution in [0.25, 0.3) is 0 Å². The predicted octanol–water partition coefficient (Wildman–Crippen LogP) is 4.89. The molecule has 4 atom stereocenters. The van der Waals surface area contributed by atoms with Gasteiger partial charge in [0, 0.05) is 60.0 Å². The minimum Gasteiger partial charge on any atom is -0.433 e. The second-order valence-corrected chi connectivity index (χ2v) is 59.0. The Morgan fingerprint density at radius 3 is 1.33 bits per heavy atom. The van der Waals surface area contributed by atoms with Gasteiger partial charge in [-0.05, 0) is 83.3 Å². The number of hydrogen-bond donors (Lipinski definition) is 0. The van der Waals surface area contributed by atoms with Gasteiger partial charge >= 0.3 is 103 Å². The molecule has 4 heterocycles. The molecule has 4 fully saturated rings. The smallest absolute Gasteiger partial charge is 0.433 e. The molecule has 0 saturated carbocycles. The van der Waals surface area contributed by atoms with Gasteiger partial charge in [0.2, 0.25) is 8.32 Å². The average Bonchev–Trinajstić information content (AvgIpc) is 2.99. The molecule has 61 heavy (non-hydrogen) atoms. The minimum atomic E-state index is -4.37. The van der Waals surface area contributed by atoms with Crippen LogP contribution in [0.3, 0.4) is 0 Å². The molecule has 1 aromatic rings. The quantitative estimate of drug-likeness (QED) is 0.292. The number of halogens is 3. The van der Waals surface area contributed by atoms with E-state index < -0.39 is 126 Å². The first-order valence-corrected chi connectivity index (χ1v) is 52.4. The summed E-state index contributed by atoms with van der Waals surface area (Å²) in [7, 11) is -32.7. The molecule has 0 aliphatic carbocycles. The standard InChI is InChI=1S/C16H31F3O4Si4.C8H28O12Si9.C3H10OSi/c1-20-25(4,5)22-27(8,9)23-26(6,7)21-24(2,3)15-12-10-11-14(13-15)16(17,18)19;1-22-10-24(3)14-26(5)12-23(2,9-21)13-27(6)15-25(4,11-22)17-28(7,16-24)20-29(8,18-26)19-27;1-4-5(2)3/h10-13H,1-9H3;22H,1-8,21H3;5H,1-3H3. The second kappa shape index (κ2) is 19.8. The predicted molar refractivity (Wildman–Crippen MR) is 254 cm³/mol. The van der Waals surface area contributed by atoms with Crippen LogP contribution in [-0.2, 0) is 76.8 Å². The zero-order valence-electron chi connectivity index (χ0n) is 39.5. The molecule has 4 aliphatic heterocycles. The van der Waals surface area contributed by atoms with Crippen LogP contribution in [0, 0.1) is 0 Å². The van der Waals surface area contributed by atoms with Crippen LogP contribution in [-0.4, -0.2) is 139 Å². The van der Waals surface area contributed by atoms with Gasteiger partial charge in [-0.25, -0.2) is 0 Å². The van der Waals surface area contributed by atoms with Gasteiger partial charge in [0.15, 0.2) is 9.04 Å². The molecular formula is C27H69F3O17Si14. The van der Waals surface area contributed by atoms with Crippen LogP contribution >= 0.6 is 0 Å². The van der Waals surface area contributed by atoms with Crippen LogP contribution in [0.15, 0.2) is 24.3 Å². The van der Waals surface area contributed by atoms with Crippen molar-refractivity contribution in [3.05, 3.63) is 29.8 Å². The van der Waals surface area contributed by atoms with Crippen molar-refractivity contribution >= 4 is 130 Å². The summed E-state index contributed by atoms with van der Waals surface area (Å²) in [5.41, 5.74) is -0.657. The van der Waals surface area contributed by atoms with Crippen LogP contribution in [0.4, 0.5) is 13.2 Å². The van der Waals surface area contributed by atoms with E-state index in [-0.39, 0.29) is 0 Å². The Morgan fingerprint density at radius 1 is 0.607 bits per heavy atom. The van der Waals surface area contributed by atoms with Crippen LogP contribution in [0.1, 0.15) is 5.56 Å². The highest BCUT2D eigenvalue weighted by Gasteiger charge is 2.73. The molecule has 0 spiro atoms. The summed E-state index contributed by atoms with van der Waals surface area (Å²) in [6.07, 6.45) is -4.37. The summed E-state index contributed by atoms with van der Waals surface area (Å²) in [6, 6.07) is 5.40. The van der Waals surface area contributed by atoms with Crippen molar-refractivity contribution in [2.75, 3.05) is 14.2 Å². The highest BCUT2D eigenvalue weighted by Crippen LogP contribution is 2.43. The van der Waals surface area contributed by atoms with Gasteiger partial charge in [0.1, 0.15) is 10.5 Å². The van der Waals surface area contributed by atoms with Crippen molar-refractivity contribution in [2.45, 2.75) is 124 Å². The van der Waals surface area contributed by atoms with E-state index in [9.17, 15) is 13.2 Å². The van der Waals surface area contributed by atoms with E-state index in [4.69, 9.17) is 70.6 Å². The fourth-order valence-electron chi connectivity index (χ4n) is 7.16. The highest BCUT2D eigenvalue weighted by molar-refractivity contribution is 6.99. The molecule has 17 nitrogen and oxygen atoms in total. The fraction of sp³-hybridized carbons (Fsp3) is 0.778. The van der Waals surface area contributed by atoms with E-state index in [0.717, 1.165) is 6.07 Å². The van der Waals surface area contributed by atoms with Crippen LogP contribution in [0.2, 0.25) is 118 Å². The number of benzene rings is 1. The Hall–Kier alpha value is 1.37. The van der Waals surface area contributed by atoms with Crippen molar-refractivity contribution in [2.24, 2.45) is 0 Å². The first kappa shape index (κ1) is 56.7. The lowest BCUT2D eigenvalue weighted by molar-refractivity contribution is -0.137. The fourth-order valence-corrected chi connectivity index (χ4v) is 66.9. The molecule has 4 saturated heterocycles. The normalized spacial score (nSPS) is 36.0. The summed E-state index contributed by atoms with van der Waals surface area (Å²) < 4.78 is 145. The monoisotopic (exact) mass is 1110 g/mol. The molecule has 34 heteroatoms. The van der Waals surface area contributed by atoms with Crippen molar-refractivity contribution in [3.63, 3.8) is 0 Å². The topological polar surface area (TPSA) is 157 Å². The molecule has 0 amide bonds. The van der Waals surface area contributed by atoms with E-state index in [2.05, 4.69) is 13.1 Å². The summed E-state index contributed by atoms with van der Waals surface area (Å²) in [4.78, 5) is 0. The maximum atomic E-state index is 13.0. The first-order chi connectivity index (χ1) is 27.2.